The van der Waals surface area contributed by atoms with Crippen molar-refractivity contribution in [2.75, 3.05) is 49.2 Å². The number of nitrogens with zero attached hydrogens (tertiary/aromatic N) is 4. The van der Waals surface area contributed by atoms with E-state index in [0.717, 1.165) is 11.3 Å². The highest BCUT2D eigenvalue weighted by Crippen LogP contribution is 2.32. The van der Waals surface area contributed by atoms with Crippen LogP contribution in [0.4, 0.5) is 11.8 Å². The van der Waals surface area contributed by atoms with Crippen molar-refractivity contribution in [3.05, 3.63) is 35.0 Å². The Kier molecular flexibility index (Phi) is 4.91. The molecule has 1 N–H and O–H groups in total. The number of aromatic nitrogens is 2. The molecule has 158 valence electrons. The lowest BCUT2D eigenvalue weighted by atomic mass is 10.1. The highest BCUT2D eigenvalue weighted by atomic mass is 32.2. The molecule has 3 aliphatic heterocycles. The molecule has 1 saturated heterocycles. The van der Waals surface area contributed by atoms with Crippen molar-refractivity contribution in [3.63, 3.8) is 0 Å². The molecule has 5 rings (SSSR count). The number of hydrogen-bond donors (Lipinski definition) is 1. The zero-order chi connectivity index (χ0) is 20.6. The lowest BCUT2D eigenvalue weighted by molar-refractivity contribution is 0.122. The summed E-state index contributed by atoms with van der Waals surface area (Å²) in [4.78, 5) is 11.2. The van der Waals surface area contributed by atoms with Crippen LogP contribution in [0.3, 0.4) is 0 Å². The maximum absolute atomic E-state index is 12.2. The third-order valence-corrected chi connectivity index (χ3v) is 6.73. The Morgan fingerprint density at radius 2 is 1.97 bits per heavy atom. The average Bonchev–Trinajstić information content (AvgIpc) is 3.21. The molecule has 11 heteroatoms. The molecule has 0 amide bonds. The van der Waals surface area contributed by atoms with Crippen molar-refractivity contribution in [2.24, 2.45) is 5.10 Å². The predicted molar refractivity (Wildman–Crippen MR) is 110 cm³/mol. The smallest absolute Gasteiger partial charge is 0.245 e. The maximum Gasteiger partial charge on any atom is 0.245 e. The molecule has 0 atom stereocenters. The van der Waals surface area contributed by atoms with Crippen molar-refractivity contribution < 1.29 is 22.6 Å². The van der Waals surface area contributed by atoms with Gasteiger partial charge in [-0.05, 0) is 23.8 Å². The van der Waals surface area contributed by atoms with Gasteiger partial charge in [-0.15, -0.1) is 0 Å². The summed E-state index contributed by atoms with van der Waals surface area (Å²) in [5.74, 6) is 2.44. The molecule has 0 saturated carbocycles. The van der Waals surface area contributed by atoms with Gasteiger partial charge in [0.15, 0.2) is 21.3 Å². The van der Waals surface area contributed by atoms with Crippen LogP contribution in [0, 0.1) is 0 Å². The van der Waals surface area contributed by atoms with Crippen molar-refractivity contribution in [3.8, 4) is 11.5 Å². The Hall–Kier alpha value is -2.92. The quantitative estimate of drug-likeness (QED) is 0.558. The van der Waals surface area contributed by atoms with Gasteiger partial charge in [0.2, 0.25) is 12.7 Å². The zero-order valence-corrected chi connectivity index (χ0v) is 17.0. The lowest BCUT2D eigenvalue weighted by Crippen LogP contribution is -2.38. The average molecular weight is 431 g/mol. The Labute approximate surface area is 173 Å². The van der Waals surface area contributed by atoms with E-state index < -0.39 is 9.84 Å². The number of nitrogens with one attached hydrogen (secondary N) is 1. The van der Waals surface area contributed by atoms with Gasteiger partial charge in [-0.2, -0.15) is 10.1 Å². The number of hydrogen-bond acceptors (Lipinski definition) is 10. The van der Waals surface area contributed by atoms with Gasteiger partial charge in [0.05, 0.1) is 36.6 Å². The van der Waals surface area contributed by atoms with Crippen molar-refractivity contribution >= 4 is 27.8 Å². The fraction of sp³-hybridized carbons (Fsp3) is 0.421. The molecular weight excluding hydrogens is 410 g/mol. The van der Waals surface area contributed by atoms with E-state index in [4.69, 9.17) is 14.2 Å². The topological polar surface area (TPSA) is 115 Å². The minimum Gasteiger partial charge on any atom is -0.454 e. The van der Waals surface area contributed by atoms with Gasteiger partial charge >= 0.3 is 0 Å². The first-order valence-corrected chi connectivity index (χ1v) is 11.5. The molecular formula is C19H21N5O5S. The molecule has 1 aromatic carbocycles. The minimum absolute atomic E-state index is 0.0320. The third-order valence-electron chi connectivity index (χ3n) is 5.17. The standard InChI is InChI=1S/C19H21N5O5S/c25-30(26)8-3-15-14(11-30)18(24-4-6-27-7-5-24)22-19(21-15)23-20-10-13-1-2-16-17(9-13)29-12-28-16/h1-2,9-10H,3-8,11-12H2,(H,21,22,23)/b20-10+. The van der Waals surface area contributed by atoms with Crippen LogP contribution in [0.5, 0.6) is 11.5 Å². The monoisotopic (exact) mass is 431 g/mol. The number of fused-ring (bicyclic) bond motifs is 2. The van der Waals surface area contributed by atoms with E-state index in [9.17, 15) is 8.42 Å². The van der Waals surface area contributed by atoms with Gasteiger partial charge in [0.25, 0.3) is 0 Å². The van der Waals surface area contributed by atoms with Gasteiger partial charge in [0, 0.05) is 25.1 Å². The van der Waals surface area contributed by atoms with Crippen molar-refractivity contribution in [1.29, 1.82) is 0 Å². The first kappa shape index (κ1) is 19.1. The highest BCUT2D eigenvalue weighted by molar-refractivity contribution is 7.90. The largest absolute Gasteiger partial charge is 0.454 e. The summed E-state index contributed by atoms with van der Waals surface area (Å²) in [6, 6.07) is 5.54. The highest BCUT2D eigenvalue weighted by Gasteiger charge is 2.29. The summed E-state index contributed by atoms with van der Waals surface area (Å²) in [6.45, 7) is 2.69. The Balaban J connectivity index is 1.41. The zero-order valence-electron chi connectivity index (χ0n) is 16.2. The molecule has 0 spiro atoms. The molecule has 0 bridgehead atoms. The van der Waals surface area contributed by atoms with E-state index in [1.54, 1.807) is 6.21 Å². The number of morpholine rings is 1. The third kappa shape index (κ3) is 3.90. The summed E-state index contributed by atoms with van der Waals surface area (Å²) in [6.07, 6.45) is 2.02. The first-order chi connectivity index (χ1) is 14.6. The predicted octanol–water partition coefficient (Wildman–Crippen LogP) is 0.959. The summed E-state index contributed by atoms with van der Waals surface area (Å²) in [5.41, 5.74) is 5.16. The van der Waals surface area contributed by atoms with Crippen LogP contribution in [0.2, 0.25) is 0 Å². The molecule has 0 radical (unpaired) electrons. The second-order valence-electron chi connectivity index (χ2n) is 7.22. The molecule has 1 aromatic heterocycles. The van der Waals surface area contributed by atoms with Crippen LogP contribution in [0.15, 0.2) is 23.3 Å². The molecule has 2 aromatic rings. The van der Waals surface area contributed by atoms with Crippen LogP contribution in [0.25, 0.3) is 0 Å². The number of anilines is 2. The van der Waals surface area contributed by atoms with E-state index >= 15 is 0 Å². The van der Waals surface area contributed by atoms with E-state index in [1.807, 2.05) is 18.2 Å². The number of sulfone groups is 1. The SMILES string of the molecule is O=S1(=O)CCc2nc(N/N=C/c3ccc4c(c3)OCO4)nc(N3CCOCC3)c2C1. The number of hydrazone groups is 1. The Morgan fingerprint density at radius 1 is 1.13 bits per heavy atom. The van der Waals surface area contributed by atoms with Crippen LogP contribution < -0.4 is 19.8 Å². The van der Waals surface area contributed by atoms with Gasteiger partial charge in [0.1, 0.15) is 5.82 Å². The van der Waals surface area contributed by atoms with Crippen molar-refractivity contribution in [1.82, 2.24) is 9.97 Å². The normalized spacial score (nSPS) is 19.7. The Bertz CT molecular complexity index is 1100. The molecule has 4 heterocycles. The Morgan fingerprint density at radius 3 is 2.83 bits per heavy atom. The summed E-state index contributed by atoms with van der Waals surface area (Å²) in [7, 11) is -3.14. The molecule has 10 nitrogen and oxygen atoms in total. The van der Waals surface area contributed by atoms with Crippen molar-refractivity contribution in [2.45, 2.75) is 12.2 Å². The lowest BCUT2D eigenvalue weighted by Gasteiger charge is -2.31. The van der Waals surface area contributed by atoms with E-state index in [2.05, 4.69) is 25.4 Å². The summed E-state index contributed by atoms with van der Waals surface area (Å²) < 4.78 is 40.5. The number of rotatable bonds is 4. The fourth-order valence-corrected chi connectivity index (χ4v) is 5.04. The maximum atomic E-state index is 12.2. The van der Waals surface area contributed by atoms with Crippen LogP contribution in [-0.2, 0) is 26.7 Å². The van der Waals surface area contributed by atoms with Gasteiger partial charge < -0.3 is 19.1 Å². The second-order valence-corrected chi connectivity index (χ2v) is 9.40. The van der Waals surface area contributed by atoms with E-state index in [1.165, 1.54) is 0 Å². The minimum atomic E-state index is -3.14. The van der Waals surface area contributed by atoms with Crippen LogP contribution >= 0.6 is 0 Å². The van der Waals surface area contributed by atoms with E-state index in [-0.39, 0.29) is 18.3 Å². The number of ether oxygens (including phenoxy) is 3. The second kappa shape index (κ2) is 7.73. The fourth-order valence-electron chi connectivity index (χ4n) is 3.66. The molecule has 0 unspecified atom stereocenters. The number of aryl methyl sites for hydroxylation is 1. The van der Waals surface area contributed by atoms with Crippen LogP contribution in [0.1, 0.15) is 16.8 Å². The van der Waals surface area contributed by atoms with Gasteiger partial charge in [-0.3, -0.25) is 0 Å². The van der Waals surface area contributed by atoms with Gasteiger partial charge in [-0.25, -0.2) is 18.8 Å². The summed E-state index contributed by atoms with van der Waals surface area (Å²) in [5, 5.41) is 4.24. The molecule has 0 aliphatic carbocycles. The van der Waals surface area contributed by atoms with Gasteiger partial charge in [-0.1, -0.05) is 0 Å². The first-order valence-electron chi connectivity index (χ1n) is 9.69. The van der Waals surface area contributed by atoms with Crippen LogP contribution in [-0.4, -0.2) is 63.4 Å². The summed E-state index contributed by atoms with van der Waals surface area (Å²) >= 11 is 0. The molecule has 1 fully saturated rings. The molecule has 3 aliphatic rings. The molecule has 30 heavy (non-hydrogen) atoms. The number of benzene rings is 1. The van der Waals surface area contributed by atoms with E-state index in [0.29, 0.717) is 61.6 Å².